The predicted molar refractivity (Wildman–Crippen MR) is 57.4 cm³/mol. The molecule has 0 saturated heterocycles. The van der Waals surface area contributed by atoms with Crippen LogP contribution in [0.1, 0.15) is 11.1 Å². The maximum absolute atomic E-state index is 10.7. The fourth-order valence-corrected chi connectivity index (χ4v) is 1.68. The van der Waals surface area contributed by atoms with Gasteiger partial charge in [-0.2, -0.15) is 13.6 Å². The molecule has 0 heterocycles. The molecule has 0 unspecified atom stereocenters. The summed E-state index contributed by atoms with van der Waals surface area (Å²) >= 11 is 3.36. The van der Waals surface area contributed by atoms with E-state index in [1.165, 1.54) is 0 Å². The summed E-state index contributed by atoms with van der Waals surface area (Å²) in [7, 11) is -3.94. The van der Waals surface area contributed by atoms with Gasteiger partial charge in [-0.25, -0.2) is 0 Å². The van der Waals surface area contributed by atoms with Crippen molar-refractivity contribution in [2.24, 2.45) is 5.14 Å². The molecule has 0 spiro atoms. The number of benzene rings is 1. The van der Waals surface area contributed by atoms with E-state index in [2.05, 4.69) is 20.1 Å². The Morgan fingerprint density at radius 2 is 1.71 bits per heavy atom. The van der Waals surface area contributed by atoms with Gasteiger partial charge in [-0.05, 0) is 37.1 Å². The molecular formula is C8H10BrNO3S. The second kappa shape index (κ2) is 3.88. The zero-order valence-corrected chi connectivity index (χ0v) is 10.1. The average Bonchev–Trinajstić information content (AvgIpc) is 1.96. The minimum Gasteiger partial charge on any atom is -0.371 e. The van der Waals surface area contributed by atoms with Crippen molar-refractivity contribution in [3.8, 4) is 5.75 Å². The first-order valence-corrected chi connectivity index (χ1v) is 6.05. The van der Waals surface area contributed by atoms with E-state index in [4.69, 9.17) is 5.14 Å². The smallest absolute Gasteiger partial charge is 0.371 e. The lowest BCUT2D eigenvalue weighted by Crippen LogP contribution is -2.19. The molecule has 1 rings (SSSR count). The highest BCUT2D eigenvalue weighted by atomic mass is 79.9. The largest absolute Gasteiger partial charge is 0.380 e. The zero-order valence-electron chi connectivity index (χ0n) is 7.74. The van der Waals surface area contributed by atoms with E-state index in [1.807, 2.05) is 13.8 Å². The van der Waals surface area contributed by atoms with Crippen molar-refractivity contribution in [1.82, 2.24) is 0 Å². The third kappa shape index (κ3) is 2.97. The summed E-state index contributed by atoms with van der Waals surface area (Å²) < 4.78 is 26.8. The summed E-state index contributed by atoms with van der Waals surface area (Å²) in [4.78, 5) is 0. The summed E-state index contributed by atoms with van der Waals surface area (Å²) in [6, 6.07) is 3.20. The van der Waals surface area contributed by atoms with E-state index < -0.39 is 10.3 Å². The minimum absolute atomic E-state index is 0.228. The first-order chi connectivity index (χ1) is 6.29. The predicted octanol–water partition coefficient (Wildman–Crippen LogP) is 1.65. The lowest BCUT2D eigenvalue weighted by atomic mass is 10.1. The summed E-state index contributed by atoms with van der Waals surface area (Å²) in [5, 5.41) is 4.74. The van der Waals surface area contributed by atoms with Crippen molar-refractivity contribution in [1.29, 1.82) is 0 Å². The molecular weight excluding hydrogens is 270 g/mol. The third-order valence-corrected chi connectivity index (χ3v) is 3.30. The molecule has 0 aliphatic rings. The molecule has 1 aromatic rings. The third-order valence-electron chi connectivity index (χ3n) is 1.62. The van der Waals surface area contributed by atoms with Crippen molar-refractivity contribution >= 4 is 26.2 Å². The molecule has 14 heavy (non-hydrogen) atoms. The van der Waals surface area contributed by atoms with Gasteiger partial charge in [0.15, 0.2) is 0 Å². The number of halogens is 1. The van der Waals surface area contributed by atoms with E-state index >= 15 is 0 Å². The highest BCUT2D eigenvalue weighted by molar-refractivity contribution is 9.10. The molecule has 0 radical (unpaired) electrons. The van der Waals surface area contributed by atoms with Gasteiger partial charge in [-0.3, -0.25) is 0 Å². The molecule has 0 fully saturated rings. The second-order valence-corrected chi connectivity index (χ2v) is 4.89. The van der Waals surface area contributed by atoms with Crippen molar-refractivity contribution in [2.75, 3.05) is 0 Å². The molecule has 78 valence electrons. The van der Waals surface area contributed by atoms with Gasteiger partial charge in [0.1, 0.15) is 5.75 Å². The van der Waals surface area contributed by atoms with Crippen LogP contribution in [0, 0.1) is 13.8 Å². The maximum atomic E-state index is 10.7. The highest BCUT2D eigenvalue weighted by Crippen LogP contribution is 2.26. The topological polar surface area (TPSA) is 69.4 Å². The summed E-state index contributed by atoms with van der Waals surface area (Å²) in [6.45, 7) is 3.68. The monoisotopic (exact) mass is 279 g/mol. The van der Waals surface area contributed by atoms with Crippen molar-refractivity contribution in [3.05, 3.63) is 27.7 Å². The van der Waals surface area contributed by atoms with Crippen molar-refractivity contribution in [3.63, 3.8) is 0 Å². The van der Waals surface area contributed by atoms with Crippen LogP contribution in [0.3, 0.4) is 0 Å². The van der Waals surface area contributed by atoms with Crippen LogP contribution in [-0.4, -0.2) is 8.42 Å². The highest BCUT2D eigenvalue weighted by Gasteiger charge is 2.08. The Labute approximate surface area is 91.5 Å². The Kier molecular flexibility index (Phi) is 3.18. The minimum atomic E-state index is -3.94. The van der Waals surface area contributed by atoms with Crippen molar-refractivity contribution < 1.29 is 12.6 Å². The quantitative estimate of drug-likeness (QED) is 0.895. The van der Waals surface area contributed by atoms with Crippen LogP contribution < -0.4 is 9.32 Å². The number of hydrogen-bond acceptors (Lipinski definition) is 3. The summed E-state index contributed by atoms with van der Waals surface area (Å²) in [5.74, 6) is 0.228. The van der Waals surface area contributed by atoms with Crippen LogP contribution in [0.25, 0.3) is 0 Å². The van der Waals surface area contributed by atoms with E-state index in [0.717, 1.165) is 15.6 Å². The van der Waals surface area contributed by atoms with Gasteiger partial charge in [0.2, 0.25) is 0 Å². The Hall–Kier alpha value is -0.590. The molecule has 0 saturated carbocycles. The van der Waals surface area contributed by atoms with Crippen LogP contribution in [0.4, 0.5) is 0 Å². The Bertz CT molecular complexity index is 433. The van der Waals surface area contributed by atoms with E-state index in [0.29, 0.717) is 0 Å². The van der Waals surface area contributed by atoms with Crippen LogP contribution >= 0.6 is 15.9 Å². The molecule has 0 aliphatic carbocycles. The number of aryl methyl sites for hydroxylation is 2. The molecule has 0 amide bonds. The molecule has 6 heteroatoms. The van der Waals surface area contributed by atoms with Gasteiger partial charge in [-0.1, -0.05) is 15.9 Å². The Morgan fingerprint density at radius 3 is 2.07 bits per heavy atom. The fourth-order valence-electron chi connectivity index (χ4n) is 1.09. The van der Waals surface area contributed by atoms with E-state index in [9.17, 15) is 8.42 Å². The normalized spacial score (nSPS) is 11.4. The summed E-state index contributed by atoms with van der Waals surface area (Å²) in [6.07, 6.45) is 0. The van der Waals surface area contributed by atoms with Crippen molar-refractivity contribution in [2.45, 2.75) is 13.8 Å². The van der Waals surface area contributed by atoms with E-state index in [-0.39, 0.29) is 5.75 Å². The van der Waals surface area contributed by atoms with Crippen LogP contribution in [0.15, 0.2) is 16.6 Å². The molecule has 0 bridgehead atoms. The molecule has 0 aliphatic heterocycles. The molecule has 0 atom stereocenters. The van der Waals surface area contributed by atoms with Crippen LogP contribution in [-0.2, 0) is 10.3 Å². The Balaban J connectivity index is 3.14. The maximum Gasteiger partial charge on any atom is 0.380 e. The average molecular weight is 280 g/mol. The fraction of sp³-hybridized carbons (Fsp3) is 0.250. The second-order valence-electron chi connectivity index (χ2n) is 2.95. The van der Waals surface area contributed by atoms with Gasteiger partial charge in [0.25, 0.3) is 0 Å². The molecule has 4 nitrogen and oxygen atoms in total. The standard InChI is InChI=1S/C8H10BrNO3S/c1-5-3-7(13-14(10,11)12)4-6(2)8(5)9/h3-4H,1-2H3,(H2,10,11,12). The number of hydrogen-bond donors (Lipinski definition) is 1. The first-order valence-electron chi connectivity index (χ1n) is 3.78. The zero-order chi connectivity index (χ0) is 10.9. The molecule has 2 N–H and O–H groups in total. The summed E-state index contributed by atoms with van der Waals surface area (Å²) in [5.41, 5.74) is 1.78. The van der Waals surface area contributed by atoms with E-state index in [1.54, 1.807) is 12.1 Å². The van der Waals surface area contributed by atoms with Gasteiger partial charge < -0.3 is 4.18 Å². The molecule has 1 aromatic carbocycles. The van der Waals surface area contributed by atoms with Gasteiger partial charge in [-0.15, -0.1) is 0 Å². The SMILES string of the molecule is Cc1cc(OS(N)(=O)=O)cc(C)c1Br. The lowest BCUT2D eigenvalue weighted by molar-refractivity contribution is 0.487. The van der Waals surface area contributed by atoms with Gasteiger partial charge in [0.05, 0.1) is 0 Å². The first kappa shape index (κ1) is 11.5. The van der Waals surface area contributed by atoms with Crippen LogP contribution in [0.5, 0.6) is 5.75 Å². The Morgan fingerprint density at radius 1 is 1.29 bits per heavy atom. The number of nitrogens with two attached hydrogens (primary N) is 1. The molecule has 0 aromatic heterocycles. The van der Waals surface area contributed by atoms with Gasteiger partial charge in [0, 0.05) is 4.47 Å². The van der Waals surface area contributed by atoms with Crippen LogP contribution in [0.2, 0.25) is 0 Å². The van der Waals surface area contributed by atoms with Gasteiger partial charge >= 0.3 is 10.3 Å². The number of rotatable bonds is 2. The lowest BCUT2D eigenvalue weighted by Gasteiger charge is -2.07.